The van der Waals surface area contributed by atoms with Crippen LogP contribution >= 0.6 is 0 Å². The molecule has 0 unspecified atom stereocenters. The van der Waals surface area contributed by atoms with E-state index in [1.54, 1.807) is 13.8 Å². The van der Waals surface area contributed by atoms with Gasteiger partial charge in [-0.3, -0.25) is 4.79 Å². The highest BCUT2D eigenvalue weighted by Crippen LogP contribution is 2.33. The number of carboxylic acid groups (broad SMARTS) is 1. The van der Waals surface area contributed by atoms with E-state index in [1.807, 2.05) is 30.3 Å². The van der Waals surface area contributed by atoms with Gasteiger partial charge in [0.15, 0.2) is 0 Å². The number of amides is 2. The van der Waals surface area contributed by atoms with Crippen molar-refractivity contribution in [2.75, 3.05) is 0 Å². The molecular weight excluding hydrogens is 336 g/mol. The molecular formula is C19H26N2O5. The monoisotopic (exact) mass is 362 g/mol. The van der Waals surface area contributed by atoms with Crippen molar-refractivity contribution >= 4 is 18.0 Å². The molecule has 0 heterocycles. The summed E-state index contributed by atoms with van der Waals surface area (Å²) in [6.07, 6.45) is 1.70. The Hall–Kier alpha value is -2.57. The van der Waals surface area contributed by atoms with Crippen LogP contribution in [0.25, 0.3) is 0 Å². The molecule has 26 heavy (non-hydrogen) atoms. The number of rotatable bonds is 9. The van der Waals surface area contributed by atoms with Crippen LogP contribution in [0.15, 0.2) is 30.3 Å². The molecule has 0 radical (unpaired) electrons. The molecule has 1 aromatic carbocycles. The largest absolute Gasteiger partial charge is 0.480 e. The number of ether oxygens (including phenoxy) is 1. The van der Waals surface area contributed by atoms with Crippen molar-refractivity contribution < 1.29 is 24.2 Å². The molecule has 7 nitrogen and oxygen atoms in total. The van der Waals surface area contributed by atoms with Gasteiger partial charge in [-0.2, -0.15) is 0 Å². The van der Waals surface area contributed by atoms with Gasteiger partial charge in [0.25, 0.3) is 0 Å². The minimum absolute atomic E-state index is 0.0958. The SMILES string of the molecule is CC(C)[C@H](NC(=O)OCc1ccccc1)C(=O)N[C@H](CC1CC1)C(=O)O. The lowest BCUT2D eigenvalue weighted by Crippen LogP contribution is -2.53. The van der Waals surface area contributed by atoms with Crippen LogP contribution in [0.3, 0.4) is 0 Å². The van der Waals surface area contributed by atoms with Gasteiger partial charge < -0.3 is 20.5 Å². The fourth-order valence-corrected chi connectivity index (χ4v) is 2.60. The molecule has 2 amide bonds. The van der Waals surface area contributed by atoms with Crippen LogP contribution in [0.1, 0.15) is 38.7 Å². The quantitative estimate of drug-likeness (QED) is 0.625. The zero-order valence-corrected chi connectivity index (χ0v) is 15.1. The van der Waals surface area contributed by atoms with E-state index in [4.69, 9.17) is 4.74 Å². The van der Waals surface area contributed by atoms with Crippen LogP contribution < -0.4 is 10.6 Å². The highest BCUT2D eigenvalue weighted by Gasteiger charge is 2.33. The van der Waals surface area contributed by atoms with E-state index < -0.39 is 30.1 Å². The molecule has 0 bridgehead atoms. The smallest absolute Gasteiger partial charge is 0.408 e. The van der Waals surface area contributed by atoms with E-state index in [0.29, 0.717) is 12.3 Å². The predicted molar refractivity (Wildman–Crippen MR) is 95.3 cm³/mol. The maximum absolute atomic E-state index is 12.5. The van der Waals surface area contributed by atoms with Gasteiger partial charge >= 0.3 is 12.1 Å². The number of hydrogen-bond donors (Lipinski definition) is 3. The Bertz CT molecular complexity index is 628. The topological polar surface area (TPSA) is 105 Å². The van der Waals surface area contributed by atoms with E-state index >= 15 is 0 Å². The molecule has 2 rings (SSSR count). The number of carboxylic acids is 1. The number of benzene rings is 1. The first kappa shape index (κ1) is 19.8. The molecule has 0 aromatic heterocycles. The summed E-state index contributed by atoms with van der Waals surface area (Å²) < 4.78 is 5.14. The molecule has 1 aliphatic rings. The zero-order chi connectivity index (χ0) is 19.1. The first-order valence-electron chi connectivity index (χ1n) is 8.87. The van der Waals surface area contributed by atoms with E-state index in [-0.39, 0.29) is 12.5 Å². The maximum Gasteiger partial charge on any atom is 0.408 e. The fourth-order valence-electron chi connectivity index (χ4n) is 2.60. The number of hydrogen-bond acceptors (Lipinski definition) is 4. The molecule has 3 N–H and O–H groups in total. The number of carbonyl (C=O) groups excluding carboxylic acids is 2. The summed E-state index contributed by atoms with van der Waals surface area (Å²) in [5.74, 6) is -1.42. The van der Waals surface area contributed by atoms with Crippen LogP contribution in [0, 0.1) is 11.8 Å². The Morgan fingerprint density at radius 3 is 2.35 bits per heavy atom. The van der Waals surface area contributed by atoms with Gasteiger partial charge in [-0.15, -0.1) is 0 Å². The van der Waals surface area contributed by atoms with Crippen molar-refractivity contribution in [2.24, 2.45) is 11.8 Å². The molecule has 142 valence electrons. The van der Waals surface area contributed by atoms with E-state index in [9.17, 15) is 19.5 Å². The molecule has 2 atom stereocenters. The average Bonchev–Trinajstić information content (AvgIpc) is 3.41. The summed E-state index contributed by atoms with van der Waals surface area (Å²) in [4.78, 5) is 35.8. The number of alkyl carbamates (subject to hydrolysis) is 1. The second-order valence-corrected chi connectivity index (χ2v) is 7.01. The standard InChI is InChI=1S/C19H26N2O5/c1-12(2)16(17(22)20-15(18(23)24)10-13-8-9-13)21-19(25)26-11-14-6-4-3-5-7-14/h3-7,12-13,15-16H,8-11H2,1-2H3,(H,20,22)(H,21,25)(H,23,24)/t15-,16+/m1/s1. The van der Waals surface area contributed by atoms with Crippen LogP contribution in [0.4, 0.5) is 4.79 Å². The van der Waals surface area contributed by atoms with E-state index in [2.05, 4.69) is 10.6 Å². The molecule has 0 saturated heterocycles. The summed E-state index contributed by atoms with van der Waals surface area (Å²) in [6, 6.07) is 7.41. The first-order chi connectivity index (χ1) is 12.4. The summed E-state index contributed by atoms with van der Waals surface area (Å²) in [5, 5.41) is 14.4. The molecule has 7 heteroatoms. The van der Waals surface area contributed by atoms with Crippen molar-refractivity contribution in [3.05, 3.63) is 35.9 Å². The third kappa shape index (κ3) is 6.38. The normalized spacial score (nSPS) is 15.8. The second kappa shape index (κ2) is 9.22. The number of carbonyl (C=O) groups is 3. The molecule has 1 fully saturated rings. The molecule has 1 aliphatic carbocycles. The highest BCUT2D eigenvalue weighted by molar-refractivity contribution is 5.89. The Labute approximate surface area is 153 Å². The summed E-state index contributed by atoms with van der Waals surface area (Å²) in [7, 11) is 0. The van der Waals surface area contributed by atoms with Gasteiger partial charge in [-0.25, -0.2) is 9.59 Å². The van der Waals surface area contributed by atoms with Crippen molar-refractivity contribution in [1.82, 2.24) is 10.6 Å². The van der Waals surface area contributed by atoms with Crippen LogP contribution in [-0.2, 0) is 20.9 Å². The summed E-state index contributed by atoms with van der Waals surface area (Å²) >= 11 is 0. The van der Waals surface area contributed by atoms with Gasteiger partial charge in [0.1, 0.15) is 18.7 Å². The third-order valence-electron chi connectivity index (χ3n) is 4.32. The minimum Gasteiger partial charge on any atom is -0.480 e. The third-order valence-corrected chi connectivity index (χ3v) is 4.32. The van der Waals surface area contributed by atoms with Crippen molar-refractivity contribution in [3.63, 3.8) is 0 Å². The van der Waals surface area contributed by atoms with Crippen LogP contribution in [0.5, 0.6) is 0 Å². The van der Waals surface area contributed by atoms with Gasteiger partial charge in [0, 0.05) is 0 Å². The Kier molecular flexibility index (Phi) is 7.00. The Balaban J connectivity index is 1.88. The fraction of sp³-hybridized carbons (Fsp3) is 0.526. The van der Waals surface area contributed by atoms with Gasteiger partial charge in [0.05, 0.1) is 0 Å². The van der Waals surface area contributed by atoms with Crippen LogP contribution in [0.2, 0.25) is 0 Å². The second-order valence-electron chi connectivity index (χ2n) is 7.01. The summed E-state index contributed by atoms with van der Waals surface area (Å²) in [5.41, 5.74) is 0.837. The first-order valence-corrected chi connectivity index (χ1v) is 8.87. The Morgan fingerprint density at radius 1 is 1.15 bits per heavy atom. The van der Waals surface area contributed by atoms with Gasteiger partial charge in [-0.05, 0) is 23.8 Å². The van der Waals surface area contributed by atoms with Gasteiger partial charge in [-0.1, -0.05) is 57.0 Å². The summed E-state index contributed by atoms with van der Waals surface area (Å²) in [6.45, 7) is 3.65. The molecule has 0 aliphatic heterocycles. The average molecular weight is 362 g/mol. The molecule has 0 spiro atoms. The lowest BCUT2D eigenvalue weighted by Gasteiger charge is -2.23. The maximum atomic E-state index is 12.5. The van der Waals surface area contributed by atoms with Crippen LogP contribution in [-0.4, -0.2) is 35.2 Å². The zero-order valence-electron chi connectivity index (χ0n) is 15.1. The van der Waals surface area contributed by atoms with E-state index in [0.717, 1.165) is 18.4 Å². The number of aliphatic carboxylic acids is 1. The number of nitrogens with one attached hydrogen (secondary N) is 2. The van der Waals surface area contributed by atoms with Crippen molar-refractivity contribution in [1.29, 1.82) is 0 Å². The van der Waals surface area contributed by atoms with Gasteiger partial charge in [0.2, 0.25) is 5.91 Å². The Morgan fingerprint density at radius 2 is 1.81 bits per heavy atom. The lowest BCUT2D eigenvalue weighted by molar-refractivity contribution is -0.142. The highest BCUT2D eigenvalue weighted by atomic mass is 16.5. The van der Waals surface area contributed by atoms with E-state index in [1.165, 1.54) is 0 Å². The lowest BCUT2D eigenvalue weighted by atomic mass is 10.0. The van der Waals surface area contributed by atoms with Crippen molar-refractivity contribution in [3.8, 4) is 0 Å². The minimum atomic E-state index is -1.06. The van der Waals surface area contributed by atoms with Crippen molar-refractivity contribution in [2.45, 2.75) is 51.8 Å². The predicted octanol–water partition coefficient (Wildman–Crippen LogP) is 2.31. The molecule has 1 saturated carbocycles. The molecule has 1 aromatic rings.